The molecule has 1 aromatic rings. The molecule has 1 aromatic heterocycles. The molecule has 0 unspecified atom stereocenters. The lowest BCUT2D eigenvalue weighted by atomic mass is 9.88. The molecule has 18 heavy (non-hydrogen) atoms. The largest absolute Gasteiger partial charge is 0.291 e. The minimum Gasteiger partial charge on any atom is -0.291 e. The Kier molecular flexibility index (Phi) is 4.62. The number of carbonyl (C=O) groups excluding carboxylic acids is 1. The maximum atomic E-state index is 12.9. The van der Waals surface area contributed by atoms with E-state index in [0.717, 1.165) is 35.3 Å². The predicted molar refractivity (Wildman–Crippen MR) is 80.5 cm³/mol. The first-order chi connectivity index (χ1) is 8.65. The first-order valence-corrected chi connectivity index (χ1v) is 8.35. The smallest absolute Gasteiger partial charge is 0.194 e. The van der Waals surface area contributed by atoms with E-state index in [4.69, 9.17) is 0 Å². The summed E-state index contributed by atoms with van der Waals surface area (Å²) in [5, 5.41) is 1.99. The molecule has 100 valence electrons. The Hall–Kier alpha value is -0.190. The fourth-order valence-corrected chi connectivity index (χ4v) is 4.73. The van der Waals surface area contributed by atoms with Crippen LogP contribution in [0.4, 0.5) is 0 Å². The molecule has 1 aliphatic carbocycles. The number of hydrogen-bond donors (Lipinski definition) is 0. The predicted octanol–water partition coefficient (Wildman–Crippen LogP) is 4.35. The van der Waals surface area contributed by atoms with Crippen LogP contribution >= 0.6 is 27.3 Å². The van der Waals surface area contributed by atoms with E-state index in [2.05, 4.69) is 34.7 Å². The molecule has 0 aliphatic heterocycles. The van der Waals surface area contributed by atoms with E-state index in [1.165, 1.54) is 12.8 Å². The van der Waals surface area contributed by atoms with Gasteiger partial charge in [-0.2, -0.15) is 0 Å². The summed E-state index contributed by atoms with van der Waals surface area (Å²) in [5.41, 5.74) is -0.239. The Balaban J connectivity index is 2.36. The molecule has 2 rings (SSSR count). The molecule has 0 atom stereocenters. The Morgan fingerprint density at radius 3 is 2.44 bits per heavy atom. The zero-order valence-electron chi connectivity index (χ0n) is 11.0. The summed E-state index contributed by atoms with van der Waals surface area (Å²) in [5.74, 6) is 0.325. The van der Waals surface area contributed by atoms with Crippen LogP contribution in [0.15, 0.2) is 15.9 Å². The number of likely N-dealkylation sites (N-methyl/N-ethyl adjacent to an activating group) is 1. The quantitative estimate of drug-likeness (QED) is 0.748. The van der Waals surface area contributed by atoms with Crippen molar-refractivity contribution in [1.29, 1.82) is 0 Å². The Bertz CT molecular complexity index is 419. The lowest BCUT2D eigenvalue weighted by Gasteiger charge is -2.38. The van der Waals surface area contributed by atoms with Gasteiger partial charge in [0.15, 0.2) is 5.78 Å². The molecule has 0 N–H and O–H groups in total. The van der Waals surface area contributed by atoms with E-state index >= 15 is 0 Å². The van der Waals surface area contributed by atoms with Gasteiger partial charge in [0, 0.05) is 4.47 Å². The molecule has 0 radical (unpaired) electrons. The fraction of sp³-hybridized carbons (Fsp3) is 0.643. The third-order valence-electron chi connectivity index (χ3n) is 4.05. The van der Waals surface area contributed by atoms with Crippen LogP contribution in [0.2, 0.25) is 0 Å². The van der Waals surface area contributed by atoms with Gasteiger partial charge in [-0.3, -0.25) is 9.69 Å². The van der Waals surface area contributed by atoms with Crippen molar-refractivity contribution in [3.05, 3.63) is 20.8 Å². The van der Waals surface area contributed by atoms with Crippen molar-refractivity contribution in [3.8, 4) is 0 Å². The molecular formula is C14H20BrNOS. The van der Waals surface area contributed by atoms with Gasteiger partial charge in [0.2, 0.25) is 0 Å². The number of halogens is 1. The first-order valence-electron chi connectivity index (χ1n) is 6.68. The van der Waals surface area contributed by atoms with Gasteiger partial charge < -0.3 is 0 Å². The van der Waals surface area contributed by atoms with Crippen LogP contribution in [0.3, 0.4) is 0 Å². The normalized spacial score (nSPS) is 18.4. The minimum absolute atomic E-state index is 0.239. The molecule has 0 bridgehead atoms. The first kappa shape index (κ1) is 14.2. The van der Waals surface area contributed by atoms with Gasteiger partial charge in [0.25, 0.3) is 0 Å². The number of nitrogens with zero attached hydrogens (tertiary/aromatic N) is 1. The average Bonchev–Trinajstić information content (AvgIpc) is 3.00. The summed E-state index contributed by atoms with van der Waals surface area (Å²) >= 11 is 5.06. The van der Waals surface area contributed by atoms with Gasteiger partial charge in [0.05, 0.1) is 10.4 Å². The summed E-state index contributed by atoms with van der Waals surface area (Å²) in [4.78, 5) is 16.2. The molecule has 4 heteroatoms. The van der Waals surface area contributed by atoms with E-state index in [-0.39, 0.29) is 5.54 Å². The summed E-state index contributed by atoms with van der Waals surface area (Å²) in [6, 6.07) is 1.97. The zero-order valence-corrected chi connectivity index (χ0v) is 13.4. The van der Waals surface area contributed by atoms with Gasteiger partial charge in [-0.15, -0.1) is 11.3 Å². The van der Waals surface area contributed by atoms with Gasteiger partial charge in [-0.25, -0.2) is 0 Å². The number of hydrogen-bond acceptors (Lipinski definition) is 3. The molecule has 1 aliphatic rings. The summed E-state index contributed by atoms with van der Waals surface area (Å²) in [6.45, 7) is 6.21. The van der Waals surface area contributed by atoms with Crippen LogP contribution in [0.1, 0.15) is 49.2 Å². The van der Waals surface area contributed by atoms with Crippen molar-refractivity contribution in [2.45, 2.75) is 45.1 Å². The van der Waals surface area contributed by atoms with Crippen molar-refractivity contribution in [3.63, 3.8) is 0 Å². The van der Waals surface area contributed by atoms with Crippen molar-refractivity contribution in [1.82, 2.24) is 4.90 Å². The monoisotopic (exact) mass is 329 g/mol. The molecule has 0 aromatic carbocycles. The molecule has 0 saturated heterocycles. The molecule has 1 heterocycles. The zero-order chi connectivity index (χ0) is 13.2. The fourth-order valence-electron chi connectivity index (χ4n) is 3.14. The van der Waals surface area contributed by atoms with E-state index in [1.54, 1.807) is 11.3 Å². The third kappa shape index (κ3) is 2.30. The highest BCUT2D eigenvalue weighted by atomic mass is 79.9. The van der Waals surface area contributed by atoms with Crippen molar-refractivity contribution < 1.29 is 4.79 Å². The van der Waals surface area contributed by atoms with Gasteiger partial charge >= 0.3 is 0 Å². The number of Topliss-reactive ketones (excluding diaryl/α,β-unsaturated/α-hetero) is 1. The van der Waals surface area contributed by atoms with Crippen molar-refractivity contribution in [2.75, 3.05) is 13.1 Å². The SMILES string of the molecule is CCN(CC)C1(C(=O)c2sccc2Br)CCCC1. The minimum atomic E-state index is -0.239. The molecule has 2 nitrogen and oxygen atoms in total. The third-order valence-corrected chi connectivity index (χ3v) is 5.88. The van der Waals surface area contributed by atoms with Crippen molar-refractivity contribution in [2.24, 2.45) is 0 Å². The van der Waals surface area contributed by atoms with Crippen LogP contribution < -0.4 is 0 Å². The van der Waals surface area contributed by atoms with Crippen LogP contribution in [-0.4, -0.2) is 29.3 Å². The molecule has 0 amide bonds. The van der Waals surface area contributed by atoms with E-state index < -0.39 is 0 Å². The average molecular weight is 330 g/mol. The number of thiophene rings is 1. The Morgan fingerprint density at radius 2 is 2.00 bits per heavy atom. The van der Waals surface area contributed by atoms with E-state index in [0.29, 0.717) is 5.78 Å². The lowest BCUT2D eigenvalue weighted by Crippen LogP contribution is -2.52. The van der Waals surface area contributed by atoms with Crippen LogP contribution in [0.5, 0.6) is 0 Å². The van der Waals surface area contributed by atoms with Gasteiger partial charge in [0.1, 0.15) is 0 Å². The molecule has 1 fully saturated rings. The number of ketones is 1. The number of rotatable bonds is 5. The van der Waals surface area contributed by atoms with E-state index in [9.17, 15) is 4.79 Å². The standard InChI is InChI=1S/C14H20BrNOS/c1-3-16(4-2)14(8-5-6-9-14)13(17)12-11(15)7-10-18-12/h7,10H,3-6,8-9H2,1-2H3. The van der Waals surface area contributed by atoms with Crippen LogP contribution in [-0.2, 0) is 0 Å². The summed E-state index contributed by atoms with van der Waals surface area (Å²) in [6.07, 6.45) is 4.37. The summed E-state index contributed by atoms with van der Waals surface area (Å²) < 4.78 is 0.955. The Labute approximate surface area is 122 Å². The summed E-state index contributed by atoms with van der Waals surface area (Å²) in [7, 11) is 0. The highest BCUT2D eigenvalue weighted by Crippen LogP contribution is 2.40. The maximum absolute atomic E-state index is 12.9. The highest BCUT2D eigenvalue weighted by molar-refractivity contribution is 9.10. The maximum Gasteiger partial charge on any atom is 0.194 e. The van der Waals surface area contributed by atoms with Crippen LogP contribution in [0.25, 0.3) is 0 Å². The second kappa shape index (κ2) is 5.85. The molecular weight excluding hydrogens is 310 g/mol. The second-order valence-electron chi connectivity index (χ2n) is 4.84. The lowest BCUT2D eigenvalue weighted by molar-refractivity contribution is 0.0588. The van der Waals surface area contributed by atoms with Gasteiger partial charge in [-0.1, -0.05) is 26.7 Å². The van der Waals surface area contributed by atoms with Crippen molar-refractivity contribution >= 4 is 33.0 Å². The number of carbonyl (C=O) groups is 1. The van der Waals surface area contributed by atoms with Gasteiger partial charge in [-0.05, 0) is 53.3 Å². The van der Waals surface area contributed by atoms with Crippen LogP contribution in [0, 0.1) is 0 Å². The second-order valence-corrected chi connectivity index (χ2v) is 6.61. The van der Waals surface area contributed by atoms with E-state index in [1.807, 2.05) is 11.4 Å². The molecule has 0 spiro atoms. The Morgan fingerprint density at radius 1 is 1.39 bits per heavy atom. The topological polar surface area (TPSA) is 20.3 Å². The highest BCUT2D eigenvalue weighted by Gasteiger charge is 2.45. The molecule has 1 saturated carbocycles.